The molecule has 2 aliphatic heterocycles. The summed E-state index contributed by atoms with van der Waals surface area (Å²) in [4.78, 5) is 15.3. The molecule has 3 aromatic rings. The van der Waals surface area contributed by atoms with Gasteiger partial charge in [0.15, 0.2) is 0 Å². The first-order valence-electron chi connectivity index (χ1n) is 12.4. The molecule has 3 aromatic carbocycles. The van der Waals surface area contributed by atoms with Crippen LogP contribution in [-0.4, -0.2) is 25.5 Å². The van der Waals surface area contributed by atoms with Crippen molar-refractivity contribution in [3.63, 3.8) is 0 Å². The number of piperidine rings is 1. The van der Waals surface area contributed by atoms with Gasteiger partial charge in [-0.05, 0) is 103 Å². The van der Waals surface area contributed by atoms with Gasteiger partial charge in [-0.15, -0.1) is 0 Å². The Morgan fingerprint density at radius 3 is 2.66 bits per heavy atom. The Morgan fingerprint density at radius 1 is 0.938 bits per heavy atom. The number of hydrogen-bond donors (Lipinski definition) is 1. The molecule has 3 nitrogen and oxygen atoms in total. The fourth-order valence-electron chi connectivity index (χ4n) is 5.94. The molecule has 1 N–H and O–H groups in total. The topological polar surface area (TPSA) is 32.3 Å². The highest BCUT2D eigenvalue weighted by Crippen LogP contribution is 2.51. The van der Waals surface area contributed by atoms with Crippen molar-refractivity contribution in [1.82, 2.24) is 5.32 Å². The zero-order valence-electron chi connectivity index (χ0n) is 18.7. The number of hydrogen-bond acceptors (Lipinski definition) is 2. The lowest BCUT2D eigenvalue weighted by Gasteiger charge is -2.22. The molecule has 1 saturated heterocycles. The highest BCUT2D eigenvalue weighted by Gasteiger charge is 2.39. The van der Waals surface area contributed by atoms with Gasteiger partial charge in [-0.3, -0.25) is 4.79 Å². The number of nitrogens with one attached hydrogen (secondary N) is 1. The van der Waals surface area contributed by atoms with E-state index in [1.54, 1.807) is 0 Å². The molecule has 3 aliphatic rings. The van der Waals surface area contributed by atoms with Crippen LogP contribution in [0.2, 0.25) is 0 Å². The van der Waals surface area contributed by atoms with Crippen molar-refractivity contribution in [3.05, 3.63) is 77.4 Å². The van der Waals surface area contributed by atoms with Crippen LogP contribution in [0.1, 0.15) is 59.5 Å². The molecule has 1 aliphatic carbocycles. The van der Waals surface area contributed by atoms with Crippen molar-refractivity contribution in [2.24, 2.45) is 11.8 Å². The van der Waals surface area contributed by atoms with Crippen LogP contribution >= 0.6 is 0 Å². The van der Waals surface area contributed by atoms with Crippen molar-refractivity contribution in [2.45, 2.75) is 44.4 Å². The average molecular weight is 425 g/mol. The molecule has 0 spiro atoms. The van der Waals surface area contributed by atoms with E-state index < -0.39 is 0 Å². The number of rotatable bonds is 5. The highest BCUT2D eigenvalue weighted by molar-refractivity contribution is 6.09. The molecule has 6 rings (SSSR count). The fraction of sp³-hybridized carbons (Fsp3) is 0.414. The van der Waals surface area contributed by atoms with Crippen LogP contribution in [0, 0.1) is 11.8 Å². The minimum absolute atomic E-state index is 0.119. The number of nitrogens with zero attached hydrogens (tertiary/aromatic N) is 1. The molecule has 1 saturated carbocycles. The average Bonchev–Trinajstić information content (AvgIpc) is 3.51. The molecular weight excluding hydrogens is 392 g/mol. The molecule has 164 valence electrons. The van der Waals surface area contributed by atoms with Gasteiger partial charge in [0.05, 0.1) is 0 Å². The van der Waals surface area contributed by atoms with Gasteiger partial charge in [-0.25, -0.2) is 0 Å². The third kappa shape index (κ3) is 3.84. The van der Waals surface area contributed by atoms with Gasteiger partial charge in [0.2, 0.25) is 0 Å². The van der Waals surface area contributed by atoms with Gasteiger partial charge in [-0.2, -0.15) is 0 Å². The monoisotopic (exact) mass is 424 g/mol. The molecule has 2 unspecified atom stereocenters. The van der Waals surface area contributed by atoms with Crippen LogP contribution in [0.3, 0.4) is 0 Å². The predicted molar refractivity (Wildman–Crippen MR) is 131 cm³/mol. The van der Waals surface area contributed by atoms with E-state index in [-0.39, 0.29) is 5.91 Å². The second kappa shape index (κ2) is 8.37. The first kappa shape index (κ1) is 20.0. The smallest absolute Gasteiger partial charge is 0.258 e. The third-order valence-corrected chi connectivity index (χ3v) is 8.00. The quantitative estimate of drug-likeness (QED) is 0.551. The number of carbonyl (C=O) groups excluding carboxylic acids is 1. The maximum absolute atomic E-state index is 13.3. The van der Waals surface area contributed by atoms with E-state index in [1.807, 2.05) is 29.2 Å². The molecule has 2 heterocycles. The van der Waals surface area contributed by atoms with E-state index in [4.69, 9.17) is 0 Å². The van der Waals surface area contributed by atoms with E-state index in [2.05, 4.69) is 41.7 Å². The number of anilines is 1. The molecule has 32 heavy (non-hydrogen) atoms. The third-order valence-electron chi connectivity index (χ3n) is 8.00. The SMILES string of the molecule is O=C(c1ccc2ccccc2c1)N1CCc2cc(C3CC3CCC3CCNCC3)ccc21. The second-order valence-corrected chi connectivity index (χ2v) is 10.0. The number of carbonyl (C=O) groups is 1. The summed E-state index contributed by atoms with van der Waals surface area (Å²) in [6.07, 6.45) is 7.83. The number of fused-ring (bicyclic) bond motifs is 2. The summed E-state index contributed by atoms with van der Waals surface area (Å²) in [6.45, 7) is 3.20. The highest BCUT2D eigenvalue weighted by atomic mass is 16.2. The Hall–Kier alpha value is -2.65. The van der Waals surface area contributed by atoms with Gasteiger partial charge in [0.1, 0.15) is 0 Å². The summed E-state index contributed by atoms with van der Waals surface area (Å²) < 4.78 is 0. The van der Waals surface area contributed by atoms with Crippen LogP contribution < -0.4 is 10.2 Å². The summed E-state index contributed by atoms with van der Waals surface area (Å²) >= 11 is 0. The Kier molecular flexibility index (Phi) is 5.23. The predicted octanol–water partition coefficient (Wildman–Crippen LogP) is 5.93. The maximum atomic E-state index is 13.3. The van der Waals surface area contributed by atoms with E-state index in [0.29, 0.717) is 0 Å². The summed E-state index contributed by atoms with van der Waals surface area (Å²) in [6, 6.07) is 21.2. The molecule has 2 fully saturated rings. The summed E-state index contributed by atoms with van der Waals surface area (Å²) in [7, 11) is 0. The number of benzene rings is 3. The van der Waals surface area contributed by atoms with Gasteiger partial charge < -0.3 is 10.2 Å². The van der Waals surface area contributed by atoms with Gasteiger partial charge in [0.25, 0.3) is 5.91 Å². The fourth-order valence-corrected chi connectivity index (χ4v) is 5.94. The molecule has 0 aromatic heterocycles. The molecule has 2 atom stereocenters. The van der Waals surface area contributed by atoms with E-state index in [9.17, 15) is 4.79 Å². The van der Waals surface area contributed by atoms with Crippen LogP contribution in [0.15, 0.2) is 60.7 Å². The lowest BCUT2D eigenvalue weighted by Crippen LogP contribution is -2.28. The number of amides is 1. The molecule has 0 radical (unpaired) electrons. The summed E-state index contributed by atoms with van der Waals surface area (Å²) in [5, 5.41) is 5.78. The van der Waals surface area contributed by atoms with Crippen molar-refractivity contribution in [2.75, 3.05) is 24.5 Å². The zero-order valence-corrected chi connectivity index (χ0v) is 18.7. The lowest BCUT2D eigenvalue weighted by molar-refractivity contribution is 0.0989. The molecule has 0 bridgehead atoms. The molecule has 3 heteroatoms. The first-order chi connectivity index (χ1) is 15.8. The van der Waals surface area contributed by atoms with Crippen LogP contribution in [0.4, 0.5) is 5.69 Å². The van der Waals surface area contributed by atoms with Crippen molar-refractivity contribution >= 4 is 22.4 Å². The standard InChI is InChI=1S/C29H32N2O/c32-29(26-8-7-21-3-1-2-4-22(21)17-26)31-16-13-25-18-23(9-10-28(25)31)27-19-24(27)6-5-20-11-14-30-15-12-20/h1-4,7-10,17-18,20,24,27,30H,5-6,11-16,19H2. The van der Waals surface area contributed by atoms with Crippen LogP contribution in [0.25, 0.3) is 10.8 Å². The first-order valence-corrected chi connectivity index (χ1v) is 12.4. The molecule has 1 amide bonds. The normalized spacial score (nSPS) is 22.8. The minimum atomic E-state index is 0.119. The minimum Gasteiger partial charge on any atom is -0.317 e. The van der Waals surface area contributed by atoms with Gasteiger partial charge in [-0.1, -0.05) is 48.9 Å². The van der Waals surface area contributed by atoms with Gasteiger partial charge >= 0.3 is 0 Å². The Labute approximate surface area is 190 Å². The Morgan fingerprint density at radius 2 is 1.78 bits per heavy atom. The van der Waals surface area contributed by atoms with E-state index >= 15 is 0 Å². The maximum Gasteiger partial charge on any atom is 0.258 e. The van der Waals surface area contributed by atoms with Gasteiger partial charge in [0, 0.05) is 17.8 Å². The van der Waals surface area contributed by atoms with E-state index in [1.165, 1.54) is 61.7 Å². The largest absolute Gasteiger partial charge is 0.317 e. The summed E-state index contributed by atoms with van der Waals surface area (Å²) in [5.41, 5.74) is 4.74. The van der Waals surface area contributed by atoms with Crippen LogP contribution in [0.5, 0.6) is 0 Å². The summed E-state index contributed by atoms with van der Waals surface area (Å²) in [5.74, 6) is 2.67. The van der Waals surface area contributed by atoms with Crippen molar-refractivity contribution in [3.8, 4) is 0 Å². The molecular formula is C29H32N2O. The van der Waals surface area contributed by atoms with E-state index in [0.717, 1.165) is 47.4 Å². The Balaban J connectivity index is 1.13. The Bertz CT molecular complexity index is 1150. The van der Waals surface area contributed by atoms with Crippen LogP contribution in [-0.2, 0) is 6.42 Å². The van der Waals surface area contributed by atoms with Crippen molar-refractivity contribution in [1.29, 1.82) is 0 Å². The lowest BCUT2D eigenvalue weighted by atomic mass is 9.91. The second-order valence-electron chi connectivity index (χ2n) is 10.0. The van der Waals surface area contributed by atoms with Crippen molar-refractivity contribution < 1.29 is 4.79 Å². The zero-order chi connectivity index (χ0) is 21.5.